The molecule has 1 aliphatic heterocycles. The molecule has 2 aromatic carbocycles. The number of piperazine rings is 1. The summed E-state index contributed by atoms with van der Waals surface area (Å²) in [6.45, 7) is 1.68. The zero-order valence-electron chi connectivity index (χ0n) is 15.5. The third-order valence-corrected chi connectivity index (χ3v) is 5.10. The Morgan fingerprint density at radius 2 is 1.48 bits per heavy atom. The zero-order chi connectivity index (χ0) is 20.4. The molecule has 0 spiro atoms. The van der Waals surface area contributed by atoms with Crippen LogP contribution in [0.3, 0.4) is 0 Å². The average Bonchev–Trinajstić information content (AvgIpc) is 3.24. The Bertz CT molecular complexity index is 1040. The van der Waals surface area contributed by atoms with Gasteiger partial charge in [0.25, 0.3) is 11.8 Å². The van der Waals surface area contributed by atoms with Gasteiger partial charge in [-0.25, -0.2) is 9.07 Å². The Morgan fingerprint density at radius 3 is 2.14 bits per heavy atom. The molecule has 0 atom stereocenters. The molecule has 0 bridgehead atoms. The summed E-state index contributed by atoms with van der Waals surface area (Å²) in [5.41, 5.74) is 1.09. The number of aromatic nitrogens is 2. The topological polar surface area (TPSA) is 58.4 Å². The molecule has 2 heterocycles. The summed E-state index contributed by atoms with van der Waals surface area (Å²) in [5.74, 6) is -0.736. The van der Waals surface area contributed by atoms with Gasteiger partial charge in [0.1, 0.15) is 11.5 Å². The van der Waals surface area contributed by atoms with E-state index in [-0.39, 0.29) is 23.2 Å². The van der Waals surface area contributed by atoms with E-state index in [0.717, 1.165) is 0 Å². The first-order valence-corrected chi connectivity index (χ1v) is 9.55. The van der Waals surface area contributed by atoms with Crippen LogP contribution in [0.4, 0.5) is 4.39 Å². The summed E-state index contributed by atoms with van der Waals surface area (Å²) in [6.07, 6.45) is 1.56. The van der Waals surface area contributed by atoms with E-state index in [2.05, 4.69) is 5.10 Å². The number of nitrogens with zero attached hydrogens (tertiary/aromatic N) is 4. The summed E-state index contributed by atoms with van der Waals surface area (Å²) < 4.78 is 15.3. The highest BCUT2D eigenvalue weighted by Crippen LogP contribution is 2.16. The Morgan fingerprint density at radius 1 is 0.862 bits per heavy atom. The quantitative estimate of drug-likeness (QED) is 0.663. The minimum absolute atomic E-state index is 0.0856. The number of hydrogen-bond acceptors (Lipinski definition) is 3. The number of para-hydroxylation sites is 1. The molecule has 2 amide bonds. The largest absolute Gasteiger partial charge is 0.335 e. The van der Waals surface area contributed by atoms with Gasteiger partial charge in [0, 0.05) is 43.0 Å². The SMILES string of the molecule is O=C(c1ccc(Cl)cc1)N1CCN(C(=O)c2ccn(-c3ccccc3F)n2)CC1. The normalized spacial score (nSPS) is 14.1. The molecule has 4 rings (SSSR count). The van der Waals surface area contributed by atoms with Crippen molar-refractivity contribution in [3.8, 4) is 5.69 Å². The number of carbonyl (C=O) groups is 2. The van der Waals surface area contributed by atoms with Gasteiger partial charge in [-0.05, 0) is 42.5 Å². The maximum Gasteiger partial charge on any atom is 0.274 e. The van der Waals surface area contributed by atoms with E-state index in [4.69, 9.17) is 11.6 Å². The van der Waals surface area contributed by atoms with Crippen molar-refractivity contribution in [3.05, 3.63) is 82.9 Å². The summed E-state index contributed by atoms with van der Waals surface area (Å²) >= 11 is 5.87. The molecule has 8 heteroatoms. The maximum atomic E-state index is 13.9. The lowest BCUT2D eigenvalue weighted by Crippen LogP contribution is -2.50. The van der Waals surface area contributed by atoms with E-state index in [1.54, 1.807) is 64.5 Å². The van der Waals surface area contributed by atoms with Gasteiger partial charge in [0.2, 0.25) is 0 Å². The minimum atomic E-state index is -0.413. The second-order valence-electron chi connectivity index (χ2n) is 6.69. The fraction of sp³-hybridized carbons (Fsp3) is 0.190. The van der Waals surface area contributed by atoms with Gasteiger partial charge < -0.3 is 9.80 Å². The smallest absolute Gasteiger partial charge is 0.274 e. The lowest BCUT2D eigenvalue weighted by atomic mass is 10.2. The monoisotopic (exact) mass is 412 g/mol. The van der Waals surface area contributed by atoms with Crippen LogP contribution in [0.15, 0.2) is 60.8 Å². The molecule has 1 aliphatic rings. The van der Waals surface area contributed by atoms with E-state index >= 15 is 0 Å². The third kappa shape index (κ3) is 4.00. The van der Waals surface area contributed by atoms with E-state index in [0.29, 0.717) is 36.8 Å². The fourth-order valence-electron chi connectivity index (χ4n) is 3.26. The predicted octanol–water partition coefficient (Wildman–Crippen LogP) is 3.26. The summed E-state index contributed by atoms with van der Waals surface area (Å²) in [5, 5.41) is 4.79. The molecule has 6 nitrogen and oxygen atoms in total. The summed E-state index contributed by atoms with van der Waals surface area (Å²) in [6, 6.07) is 14.6. The van der Waals surface area contributed by atoms with E-state index in [1.165, 1.54) is 10.7 Å². The van der Waals surface area contributed by atoms with Crippen molar-refractivity contribution in [2.75, 3.05) is 26.2 Å². The van der Waals surface area contributed by atoms with Crippen LogP contribution in [0.25, 0.3) is 5.69 Å². The van der Waals surface area contributed by atoms with E-state index < -0.39 is 5.82 Å². The molecule has 1 fully saturated rings. The number of amides is 2. The average molecular weight is 413 g/mol. The van der Waals surface area contributed by atoms with Crippen molar-refractivity contribution in [2.45, 2.75) is 0 Å². The van der Waals surface area contributed by atoms with Crippen molar-refractivity contribution in [1.29, 1.82) is 0 Å². The van der Waals surface area contributed by atoms with Crippen LogP contribution < -0.4 is 0 Å². The van der Waals surface area contributed by atoms with Crippen molar-refractivity contribution < 1.29 is 14.0 Å². The molecular formula is C21H18ClFN4O2. The van der Waals surface area contributed by atoms with Crippen molar-refractivity contribution in [2.24, 2.45) is 0 Å². The highest BCUT2D eigenvalue weighted by Gasteiger charge is 2.26. The Kier molecular flexibility index (Phi) is 5.31. The number of hydrogen-bond donors (Lipinski definition) is 0. The highest BCUT2D eigenvalue weighted by molar-refractivity contribution is 6.30. The van der Waals surface area contributed by atoms with Crippen LogP contribution in [0.2, 0.25) is 5.02 Å². The van der Waals surface area contributed by atoms with Crippen LogP contribution in [0, 0.1) is 5.82 Å². The van der Waals surface area contributed by atoms with Crippen molar-refractivity contribution >= 4 is 23.4 Å². The highest BCUT2D eigenvalue weighted by atomic mass is 35.5. The molecule has 1 saturated heterocycles. The van der Waals surface area contributed by atoms with Gasteiger partial charge in [-0.15, -0.1) is 0 Å². The second-order valence-corrected chi connectivity index (χ2v) is 7.12. The van der Waals surface area contributed by atoms with Crippen LogP contribution in [0.1, 0.15) is 20.8 Å². The molecule has 0 radical (unpaired) electrons. The van der Waals surface area contributed by atoms with Crippen LogP contribution in [-0.2, 0) is 0 Å². The van der Waals surface area contributed by atoms with E-state index in [1.807, 2.05) is 0 Å². The molecule has 0 saturated carbocycles. The molecule has 29 heavy (non-hydrogen) atoms. The number of carbonyl (C=O) groups excluding carboxylic acids is 2. The van der Waals surface area contributed by atoms with Gasteiger partial charge in [-0.1, -0.05) is 23.7 Å². The first-order chi connectivity index (χ1) is 14.0. The molecular weight excluding hydrogens is 395 g/mol. The Balaban J connectivity index is 1.40. The van der Waals surface area contributed by atoms with Crippen LogP contribution >= 0.6 is 11.6 Å². The summed E-state index contributed by atoms with van der Waals surface area (Å²) in [7, 11) is 0. The minimum Gasteiger partial charge on any atom is -0.335 e. The summed E-state index contributed by atoms with van der Waals surface area (Å²) in [4.78, 5) is 28.7. The molecule has 3 aromatic rings. The molecule has 0 N–H and O–H groups in total. The first-order valence-electron chi connectivity index (χ1n) is 9.17. The number of rotatable bonds is 3. The van der Waals surface area contributed by atoms with Crippen molar-refractivity contribution in [1.82, 2.24) is 19.6 Å². The van der Waals surface area contributed by atoms with Crippen LogP contribution in [0.5, 0.6) is 0 Å². The first kappa shape index (κ1) is 19.1. The fourth-order valence-corrected chi connectivity index (χ4v) is 3.39. The Labute approximate surface area is 172 Å². The number of halogens is 2. The lowest BCUT2D eigenvalue weighted by molar-refractivity contribution is 0.0532. The molecule has 0 aliphatic carbocycles. The van der Waals surface area contributed by atoms with Gasteiger partial charge in [-0.2, -0.15) is 5.10 Å². The van der Waals surface area contributed by atoms with Crippen molar-refractivity contribution in [3.63, 3.8) is 0 Å². The molecule has 0 unspecified atom stereocenters. The Hall–Kier alpha value is -3.19. The van der Waals surface area contributed by atoms with Crippen LogP contribution in [-0.4, -0.2) is 57.6 Å². The van der Waals surface area contributed by atoms with Gasteiger partial charge in [0.15, 0.2) is 5.69 Å². The third-order valence-electron chi connectivity index (χ3n) is 4.85. The molecule has 148 valence electrons. The van der Waals surface area contributed by atoms with Gasteiger partial charge in [0.05, 0.1) is 0 Å². The van der Waals surface area contributed by atoms with E-state index in [9.17, 15) is 14.0 Å². The maximum absolute atomic E-state index is 13.9. The predicted molar refractivity (Wildman–Crippen MR) is 107 cm³/mol. The zero-order valence-corrected chi connectivity index (χ0v) is 16.2. The second kappa shape index (κ2) is 8.05. The number of benzene rings is 2. The standard InChI is InChI=1S/C21H18ClFN4O2/c22-16-7-5-15(6-8-16)20(28)25-11-13-26(14-12-25)21(29)18-9-10-27(24-18)19-4-2-1-3-17(19)23/h1-10H,11-14H2. The van der Waals surface area contributed by atoms with Gasteiger partial charge in [-0.3, -0.25) is 9.59 Å². The lowest BCUT2D eigenvalue weighted by Gasteiger charge is -2.34. The van der Waals surface area contributed by atoms with Gasteiger partial charge >= 0.3 is 0 Å². The molecule has 1 aromatic heterocycles.